The number of nitrogens with one attached hydrogen (secondary N) is 1. The molecule has 0 fully saturated rings. The Morgan fingerprint density at radius 1 is 1.00 bits per heavy atom. The first-order valence-electron chi connectivity index (χ1n) is 11.9. The molecular weight excluding hydrogens is 497 g/mol. The van der Waals surface area contributed by atoms with Crippen LogP contribution in [0, 0.1) is 13.8 Å². The number of ether oxygens (including phenoxy) is 1. The number of fused-ring (bicyclic) bond motifs is 1. The van der Waals surface area contributed by atoms with E-state index in [0.29, 0.717) is 27.0 Å². The van der Waals surface area contributed by atoms with E-state index < -0.39 is 6.10 Å². The number of carbonyl (C=O) groups excluding carboxylic acids is 1. The van der Waals surface area contributed by atoms with Crippen LogP contribution in [-0.2, 0) is 4.79 Å². The van der Waals surface area contributed by atoms with Gasteiger partial charge in [0.05, 0.1) is 10.7 Å². The van der Waals surface area contributed by atoms with Crippen LogP contribution in [0.25, 0.3) is 16.7 Å². The highest BCUT2D eigenvalue weighted by Crippen LogP contribution is 2.29. The lowest BCUT2D eigenvalue weighted by Crippen LogP contribution is -2.30. The summed E-state index contributed by atoms with van der Waals surface area (Å²) in [6, 6.07) is 14.9. The average Bonchev–Trinajstić information content (AvgIpc) is 3.24. The number of aryl methyl sites for hydroxylation is 2. The molecule has 3 aromatic carbocycles. The van der Waals surface area contributed by atoms with Crippen LogP contribution in [0.1, 0.15) is 31.9 Å². The Labute approximate surface area is 220 Å². The van der Waals surface area contributed by atoms with E-state index in [1.54, 1.807) is 29.9 Å². The highest BCUT2D eigenvalue weighted by Gasteiger charge is 2.19. The van der Waals surface area contributed by atoms with Gasteiger partial charge in [0.15, 0.2) is 6.10 Å². The van der Waals surface area contributed by atoms with Crippen molar-refractivity contribution in [3.63, 3.8) is 0 Å². The molecule has 0 aliphatic rings. The summed E-state index contributed by atoms with van der Waals surface area (Å²) in [5.41, 5.74) is 6.10. The number of benzene rings is 3. The van der Waals surface area contributed by atoms with E-state index in [1.165, 1.54) is 5.69 Å². The van der Waals surface area contributed by atoms with E-state index in [9.17, 15) is 4.79 Å². The van der Waals surface area contributed by atoms with Gasteiger partial charge in [-0.05, 0) is 94.3 Å². The predicted molar refractivity (Wildman–Crippen MR) is 147 cm³/mol. The zero-order valence-corrected chi connectivity index (χ0v) is 22.5. The van der Waals surface area contributed by atoms with Crippen molar-refractivity contribution in [1.82, 2.24) is 15.0 Å². The average molecular weight is 526 g/mol. The first kappa shape index (κ1) is 25.8. The molecule has 0 unspecified atom stereocenters. The van der Waals surface area contributed by atoms with Crippen LogP contribution in [0.2, 0.25) is 10.0 Å². The van der Waals surface area contributed by atoms with Crippen molar-refractivity contribution in [2.75, 3.05) is 23.3 Å². The van der Waals surface area contributed by atoms with Crippen molar-refractivity contribution in [3.05, 3.63) is 69.7 Å². The minimum absolute atomic E-state index is 0.307. The molecule has 1 amide bonds. The Kier molecular flexibility index (Phi) is 7.71. The van der Waals surface area contributed by atoms with Crippen LogP contribution in [0.4, 0.5) is 11.4 Å². The van der Waals surface area contributed by atoms with Crippen molar-refractivity contribution in [2.24, 2.45) is 0 Å². The summed E-state index contributed by atoms with van der Waals surface area (Å²) in [5, 5.41) is 13.1. The monoisotopic (exact) mass is 525 g/mol. The molecule has 1 atom stereocenters. The summed E-state index contributed by atoms with van der Waals surface area (Å²) >= 11 is 12.1. The summed E-state index contributed by atoms with van der Waals surface area (Å²) in [6.45, 7) is 11.8. The van der Waals surface area contributed by atoms with Crippen LogP contribution in [0.3, 0.4) is 0 Å². The van der Waals surface area contributed by atoms with Gasteiger partial charge < -0.3 is 15.0 Å². The third-order valence-electron chi connectivity index (χ3n) is 6.08. The SMILES string of the molecule is CCN(CC)c1ccc(-n2nc3cc(C)c(NC(=O)[C@H](C)Oc4ccc(Cl)cc4Cl)cc3n2)c(C)c1. The van der Waals surface area contributed by atoms with Crippen molar-refractivity contribution in [1.29, 1.82) is 0 Å². The molecule has 9 heteroatoms. The second-order valence-electron chi connectivity index (χ2n) is 8.61. The number of halogens is 2. The number of anilines is 2. The first-order valence-corrected chi connectivity index (χ1v) is 12.6. The van der Waals surface area contributed by atoms with Gasteiger partial charge in [0.2, 0.25) is 0 Å². The van der Waals surface area contributed by atoms with Gasteiger partial charge >= 0.3 is 0 Å². The van der Waals surface area contributed by atoms with E-state index in [2.05, 4.69) is 53.3 Å². The van der Waals surface area contributed by atoms with Crippen LogP contribution >= 0.6 is 23.2 Å². The Hall–Kier alpha value is -3.29. The highest BCUT2D eigenvalue weighted by atomic mass is 35.5. The summed E-state index contributed by atoms with van der Waals surface area (Å²) in [5.74, 6) is 0.0833. The molecule has 1 N–H and O–H groups in total. The molecule has 0 saturated carbocycles. The van der Waals surface area contributed by atoms with Crippen LogP contribution in [-0.4, -0.2) is 40.1 Å². The van der Waals surface area contributed by atoms with Gasteiger partial charge in [-0.1, -0.05) is 23.2 Å². The zero-order chi connectivity index (χ0) is 26.0. The van der Waals surface area contributed by atoms with E-state index in [0.717, 1.165) is 35.4 Å². The Bertz CT molecular complexity index is 1420. The molecule has 0 spiro atoms. The summed E-state index contributed by atoms with van der Waals surface area (Å²) < 4.78 is 5.74. The highest BCUT2D eigenvalue weighted by molar-refractivity contribution is 6.35. The van der Waals surface area contributed by atoms with Crippen molar-refractivity contribution >= 4 is 51.5 Å². The fourth-order valence-electron chi connectivity index (χ4n) is 4.01. The minimum atomic E-state index is -0.776. The second kappa shape index (κ2) is 10.8. The standard InChI is InChI=1S/C27H29Cl2N5O2/c1-6-33(7-2)20-9-10-25(17(4)12-20)34-31-23-13-16(3)22(15-24(23)32-34)30-27(35)18(5)36-26-11-8-19(28)14-21(26)29/h8-15,18H,6-7H2,1-5H3,(H,30,35)/t18-/m0/s1. The lowest BCUT2D eigenvalue weighted by atomic mass is 10.1. The molecule has 0 aliphatic carbocycles. The van der Waals surface area contributed by atoms with Gasteiger partial charge in [0, 0.05) is 29.5 Å². The third-order valence-corrected chi connectivity index (χ3v) is 6.61. The lowest BCUT2D eigenvalue weighted by molar-refractivity contribution is -0.122. The van der Waals surface area contributed by atoms with Crippen molar-refractivity contribution in [3.8, 4) is 11.4 Å². The summed E-state index contributed by atoms with van der Waals surface area (Å²) in [6.07, 6.45) is -0.776. The molecule has 7 nitrogen and oxygen atoms in total. The van der Waals surface area contributed by atoms with Gasteiger partial charge in [-0.15, -0.1) is 10.2 Å². The van der Waals surface area contributed by atoms with Gasteiger partial charge in [0.1, 0.15) is 16.8 Å². The van der Waals surface area contributed by atoms with Gasteiger partial charge in [-0.25, -0.2) is 0 Å². The molecule has 188 valence electrons. The summed E-state index contributed by atoms with van der Waals surface area (Å²) in [4.78, 5) is 16.8. The predicted octanol–water partition coefficient (Wildman–Crippen LogP) is 6.60. The largest absolute Gasteiger partial charge is 0.479 e. The summed E-state index contributed by atoms with van der Waals surface area (Å²) in [7, 11) is 0. The van der Waals surface area contributed by atoms with Gasteiger partial charge in [-0.2, -0.15) is 4.80 Å². The maximum atomic E-state index is 12.8. The molecule has 1 aromatic heterocycles. The molecule has 1 heterocycles. The van der Waals surface area contributed by atoms with E-state index in [1.807, 2.05) is 25.1 Å². The molecular formula is C27H29Cl2N5O2. The molecule has 4 rings (SSSR count). The Morgan fingerprint density at radius 2 is 1.69 bits per heavy atom. The number of carbonyl (C=O) groups is 1. The minimum Gasteiger partial charge on any atom is -0.479 e. The molecule has 0 saturated heterocycles. The first-order chi connectivity index (χ1) is 17.2. The van der Waals surface area contributed by atoms with E-state index in [4.69, 9.17) is 27.9 Å². The number of rotatable bonds is 8. The quantitative estimate of drug-likeness (QED) is 0.280. The normalized spacial score (nSPS) is 12.0. The van der Waals surface area contributed by atoms with Gasteiger partial charge in [0.25, 0.3) is 5.91 Å². The fraction of sp³-hybridized carbons (Fsp3) is 0.296. The van der Waals surface area contributed by atoms with E-state index >= 15 is 0 Å². The van der Waals surface area contributed by atoms with Gasteiger partial charge in [-0.3, -0.25) is 4.79 Å². The number of hydrogen-bond donors (Lipinski definition) is 1. The van der Waals surface area contributed by atoms with E-state index in [-0.39, 0.29) is 5.91 Å². The Balaban J connectivity index is 1.55. The number of nitrogens with zero attached hydrogens (tertiary/aromatic N) is 4. The number of aromatic nitrogens is 3. The van der Waals surface area contributed by atoms with Crippen molar-refractivity contribution in [2.45, 2.75) is 40.7 Å². The fourth-order valence-corrected chi connectivity index (χ4v) is 4.46. The van der Waals surface area contributed by atoms with Crippen molar-refractivity contribution < 1.29 is 9.53 Å². The van der Waals surface area contributed by atoms with Crippen LogP contribution in [0.5, 0.6) is 5.75 Å². The van der Waals surface area contributed by atoms with Crippen LogP contribution < -0.4 is 15.0 Å². The maximum absolute atomic E-state index is 12.8. The molecule has 36 heavy (non-hydrogen) atoms. The molecule has 4 aromatic rings. The smallest absolute Gasteiger partial charge is 0.265 e. The third kappa shape index (κ3) is 5.42. The molecule has 0 bridgehead atoms. The second-order valence-corrected chi connectivity index (χ2v) is 9.46. The molecule has 0 aliphatic heterocycles. The zero-order valence-electron chi connectivity index (χ0n) is 21.0. The molecule has 0 radical (unpaired) electrons. The number of hydrogen-bond acceptors (Lipinski definition) is 5. The maximum Gasteiger partial charge on any atom is 0.265 e. The van der Waals surface area contributed by atoms with Crippen LogP contribution in [0.15, 0.2) is 48.5 Å². The number of amides is 1. The lowest BCUT2D eigenvalue weighted by Gasteiger charge is -2.22. The topological polar surface area (TPSA) is 72.3 Å². The Morgan fingerprint density at radius 3 is 2.33 bits per heavy atom.